The summed E-state index contributed by atoms with van der Waals surface area (Å²) < 4.78 is 56.6. The lowest BCUT2D eigenvalue weighted by Gasteiger charge is -2.37. The summed E-state index contributed by atoms with van der Waals surface area (Å²) in [5.74, 6) is 3.12. The van der Waals surface area contributed by atoms with Gasteiger partial charge in [0.05, 0.1) is 69.7 Å². The molecule has 4 aliphatic rings. The molecule has 0 radical (unpaired) electrons. The summed E-state index contributed by atoms with van der Waals surface area (Å²) in [6, 6.07) is 15.7. The first-order valence-corrected chi connectivity index (χ1v) is 25.7. The monoisotopic (exact) mass is 1050 g/mol. The van der Waals surface area contributed by atoms with Crippen LogP contribution < -0.4 is 37.9 Å². The Hall–Kier alpha value is -7.18. The summed E-state index contributed by atoms with van der Waals surface area (Å²) in [5, 5.41) is 0. The van der Waals surface area contributed by atoms with E-state index in [-0.39, 0.29) is 36.5 Å². The fourth-order valence-electron chi connectivity index (χ4n) is 10.9. The molecule has 18 nitrogen and oxygen atoms in total. The Balaban J connectivity index is 0.969. The topological polar surface area (TPSA) is 174 Å². The number of hydrogen-bond acceptors (Lipinski definition) is 16. The van der Waals surface area contributed by atoms with Crippen molar-refractivity contribution in [2.45, 2.75) is 75.7 Å². The minimum absolute atomic E-state index is 0.0610. The van der Waals surface area contributed by atoms with Crippen LogP contribution in [-0.4, -0.2) is 166 Å². The highest BCUT2D eigenvalue weighted by molar-refractivity contribution is 5.92. The largest absolute Gasteiger partial charge is 0.493 e. The molecule has 0 saturated carbocycles. The molecule has 2 unspecified atom stereocenters. The zero-order valence-electron chi connectivity index (χ0n) is 45.5. The van der Waals surface area contributed by atoms with Gasteiger partial charge in [0.1, 0.15) is 0 Å². The fourth-order valence-corrected chi connectivity index (χ4v) is 10.9. The SMILES string of the molecule is COc1cc2c(cc1OC)CCN(C(=O)CC(OC(=O)/C=C/C(=O)OC(CC(=O)N1CCc3cc(OC)c(OC)cc3CC1)N(C)C[C@H]1Cc3cc(OC)c(OC)cc31)N(C)C[C@H]1Cc3cc(OC)c(OC)cc31)CC2. The molecule has 0 N–H and O–H groups in total. The van der Waals surface area contributed by atoms with Crippen molar-refractivity contribution in [2.24, 2.45) is 0 Å². The maximum Gasteiger partial charge on any atom is 0.332 e. The first kappa shape index (κ1) is 55.1. The summed E-state index contributed by atoms with van der Waals surface area (Å²) in [7, 11) is 16.4. The molecule has 408 valence electrons. The lowest BCUT2D eigenvalue weighted by atomic mass is 9.77. The van der Waals surface area contributed by atoms with Gasteiger partial charge in [-0.05, 0) is 146 Å². The molecule has 4 atom stereocenters. The minimum atomic E-state index is -0.988. The van der Waals surface area contributed by atoms with E-state index >= 15 is 0 Å². The lowest BCUT2D eigenvalue weighted by Crippen LogP contribution is -2.45. The van der Waals surface area contributed by atoms with Gasteiger partial charge in [0.15, 0.2) is 58.5 Å². The van der Waals surface area contributed by atoms with Gasteiger partial charge >= 0.3 is 11.9 Å². The van der Waals surface area contributed by atoms with Crippen LogP contribution in [0.15, 0.2) is 60.7 Å². The van der Waals surface area contributed by atoms with Gasteiger partial charge in [-0.2, -0.15) is 0 Å². The molecule has 76 heavy (non-hydrogen) atoms. The first-order valence-electron chi connectivity index (χ1n) is 25.7. The average molecular weight is 1050 g/mol. The van der Waals surface area contributed by atoms with E-state index in [0.29, 0.717) is 111 Å². The molecule has 0 saturated heterocycles. The van der Waals surface area contributed by atoms with Crippen LogP contribution in [0.2, 0.25) is 0 Å². The third-order valence-electron chi connectivity index (χ3n) is 15.4. The number of carbonyl (C=O) groups excluding carboxylic acids is 4. The second kappa shape index (κ2) is 24.7. The van der Waals surface area contributed by atoms with Gasteiger partial charge in [-0.25, -0.2) is 9.59 Å². The van der Waals surface area contributed by atoms with Gasteiger partial charge in [-0.15, -0.1) is 0 Å². The average Bonchev–Trinajstić information content (AvgIpc) is 3.78. The molecule has 0 bridgehead atoms. The number of hydrogen-bond donors (Lipinski definition) is 0. The predicted molar refractivity (Wildman–Crippen MR) is 282 cm³/mol. The van der Waals surface area contributed by atoms with Crippen LogP contribution in [0, 0.1) is 0 Å². The van der Waals surface area contributed by atoms with E-state index in [1.54, 1.807) is 66.7 Å². The number of benzene rings is 4. The van der Waals surface area contributed by atoms with Gasteiger partial charge in [-0.1, -0.05) is 0 Å². The Morgan fingerprint density at radius 1 is 0.447 bits per heavy atom. The van der Waals surface area contributed by atoms with Crippen molar-refractivity contribution in [3.8, 4) is 46.0 Å². The summed E-state index contributed by atoms with van der Waals surface area (Å²) in [6.07, 6.45) is 3.72. The normalized spacial score (nSPS) is 17.3. The number of amides is 2. The molecule has 2 aliphatic heterocycles. The van der Waals surface area contributed by atoms with Crippen LogP contribution in [0.4, 0.5) is 0 Å². The number of methoxy groups -OCH3 is 8. The van der Waals surface area contributed by atoms with E-state index < -0.39 is 24.4 Å². The van der Waals surface area contributed by atoms with Crippen molar-refractivity contribution in [1.29, 1.82) is 0 Å². The minimum Gasteiger partial charge on any atom is -0.493 e. The Morgan fingerprint density at radius 3 is 0.987 bits per heavy atom. The van der Waals surface area contributed by atoms with Crippen LogP contribution in [0.25, 0.3) is 0 Å². The van der Waals surface area contributed by atoms with Gasteiger partial charge in [0.25, 0.3) is 0 Å². The Morgan fingerprint density at radius 2 is 0.711 bits per heavy atom. The molecule has 0 spiro atoms. The van der Waals surface area contributed by atoms with Crippen molar-refractivity contribution in [3.63, 3.8) is 0 Å². The van der Waals surface area contributed by atoms with E-state index in [2.05, 4.69) is 0 Å². The Labute approximate surface area is 445 Å². The van der Waals surface area contributed by atoms with Crippen LogP contribution in [0.1, 0.15) is 69.2 Å². The number of likely N-dealkylation sites (N-methyl/N-ethyl adjacent to an activating group) is 2. The molecule has 2 heterocycles. The van der Waals surface area contributed by atoms with Crippen LogP contribution >= 0.6 is 0 Å². The van der Waals surface area contributed by atoms with Gasteiger partial charge in [0, 0.05) is 63.3 Å². The Bertz CT molecular complexity index is 2560. The maximum absolute atomic E-state index is 14.3. The summed E-state index contributed by atoms with van der Waals surface area (Å²) in [5.41, 5.74) is 8.72. The summed E-state index contributed by atoms with van der Waals surface area (Å²) >= 11 is 0. The van der Waals surface area contributed by atoms with Crippen molar-refractivity contribution >= 4 is 23.8 Å². The lowest BCUT2D eigenvalue weighted by molar-refractivity contribution is -0.159. The van der Waals surface area contributed by atoms with E-state index in [1.165, 1.54) is 0 Å². The van der Waals surface area contributed by atoms with Crippen molar-refractivity contribution in [1.82, 2.24) is 19.6 Å². The second-order valence-corrected chi connectivity index (χ2v) is 19.7. The van der Waals surface area contributed by atoms with Crippen molar-refractivity contribution in [3.05, 3.63) is 105 Å². The van der Waals surface area contributed by atoms with E-state index in [9.17, 15) is 19.2 Å². The molecule has 2 amide bonds. The van der Waals surface area contributed by atoms with Crippen molar-refractivity contribution < 1.29 is 66.5 Å². The molecule has 4 aromatic carbocycles. The summed E-state index contributed by atoms with van der Waals surface area (Å²) in [6.45, 7) is 2.75. The molecule has 0 fully saturated rings. The van der Waals surface area contributed by atoms with Crippen molar-refractivity contribution in [2.75, 3.05) is 110 Å². The third-order valence-corrected chi connectivity index (χ3v) is 15.4. The molecular weight excluding hydrogens is 977 g/mol. The first-order chi connectivity index (χ1) is 36.7. The zero-order chi connectivity index (χ0) is 54.2. The molecule has 2 aliphatic carbocycles. The zero-order valence-corrected chi connectivity index (χ0v) is 45.5. The van der Waals surface area contributed by atoms with E-state index in [4.69, 9.17) is 47.4 Å². The predicted octanol–water partition coefficient (Wildman–Crippen LogP) is 5.93. The highest BCUT2D eigenvalue weighted by Crippen LogP contribution is 2.44. The third kappa shape index (κ3) is 12.2. The maximum atomic E-state index is 14.3. The number of ether oxygens (including phenoxy) is 10. The molecule has 4 aromatic rings. The van der Waals surface area contributed by atoms with Crippen LogP contribution in [-0.2, 0) is 67.2 Å². The standard InChI is InChI=1S/C58H72N4O14/c1-59(33-41-21-39-27-49(71-7)51(73-9)29-43(39)41)55(31-53(63)61-17-13-35-23-45(67-3)46(68-4)24-36(35)14-18-61)75-57(65)11-12-58(66)76-56(60(2)34-42-22-40-28-50(72-8)52(74-10)30-44(40)42)32-54(64)62-19-15-37-25-47(69-5)48(70-6)26-38(37)16-20-62/h11-12,23-30,41-42,55-56H,13-22,31-34H2,1-10H3/b12-11+/t41-,42-,55?,56?/m1/s1. The summed E-state index contributed by atoms with van der Waals surface area (Å²) in [4.78, 5) is 63.5. The molecular formula is C58H72N4O14. The smallest absolute Gasteiger partial charge is 0.332 e. The van der Waals surface area contributed by atoms with E-state index in [1.807, 2.05) is 72.4 Å². The number of rotatable bonds is 22. The van der Waals surface area contributed by atoms with Gasteiger partial charge in [0.2, 0.25) is 11.8 Å². The fraction of sp³-hybridized carbons (Fsp3) is 0.483. The van der Waals surface area contributed by atoms with Crippen LogP contribution in [0.5, 0.6) is 46.0 Å². The van der Waals surface area contributed by atoms with Gasteiger partial charge < -0.3 is 57.2 Å². The van der Waals surface area contributed by atoms with E-state index in [0.717, 1.165) is 69.5 Å². The van der Waals surface area contributed by atoms with Gasteiger partial charge in [-0.3, -0.25) is 19.4 Å². The highest BCUT2D eigenvalue weighted by atomic mass is 16.6. The molecule has 8 rings (SSSR count). The highest BCUT2D eigenvalue weighted by Gasteiger charge is 2.36. The second-order valence-electron chi connectivity index (χ2n) is 19.7. The quantitative estimate of drug-likeness (QED) is 0.0515. The number of carbonyl (C=O) groups is 4. The number of nitrogens with zero attached hydrogens (tertiary/aromatic N) is 4. The number of fused-ring (bicyclic) bond motifs is 4. The molecule has 0 aromatic heterocycles. The number of esters is 2. The van der Waals surface area contributed by atoms with Crippen LogP contribution in [0.3, 0.4) is 0 Å². The Kier molecular flexibility index (Phi) is 17.9. The molecule has 18 heteroatoms.